The largest absolute Gasteiger partial charge is 0.508 e. The normalized spacial score (nSPS) is 14.8. The number of ether oxygens (including phenoxy) is 1. The molecule has 0 spiro atoms. The van der Waals surface area contributed by atoms with Gasteiger partial charge in [0.15, 0.2) is 6.10 Å². The van der Waals surface area contributed by atoms with Gasteiger partial charge in [0.25, 0.3) is 0 Å². The highest BCUT2D eigenvalue weighted by Crippen LogP contribution is 2.33. The second kappa shape index (κ2) is 5.59. The van der Waals surface area contributed by atoms with Crippen LogP contribution in [0.5, 0.6) is 5.75 Å². The highest BCUT2D eigenvalue weighted by molar-refractivity contribution is 5.75. The predicted octanol–water partition coefficient (Wildman–Crippen LogP) is 1.26. The summed E-state index contributed by atoms with van der Waals surface area (Å²) in [5.41, 5.74) is 0.650. The van der Waals surface area contributed by atoms with E-state index in [1.807, 2.05) is 20.8 Å². The summed E-state index contributed by atoms with van der Waals surface area (Å²) in [4.78, 5) is 11.2. The van der Waals surface area contributed by atoms with Crippen molar-refractivity contribution in [1.29, 1.82) is 0 Å². The number of carbonyl (C=O) groups is 1. The number of carbonyl (C=O) groups excluding carboxylic acids is 1. The van der Waals surface area contributed by atoms with Crippen LogP contribution in [0.1, 0.15) is 38.0 Å². The average molecular weight is 268 g/mol. The molecule has 0 aliphatic heterocycles. The molecule has 2 atom stereocenters. The van der Waals surface area contributed by atoms with Crippen molar-refractivity contribution in [1.82, 2.24) is 0 Å². The summed E-state index contributed by atoms with van der Waals surface area (Å²) in [7, 11) is 1.13. The van der Waals surface area contributed by atoms with Crippen LogP contribution in [0.25, 0.3) is 0 Å². The maximum absolute atomic E-state index is 11.2. The first-order chi connectivity index (χ1) is 8.68. The van der Waals surface area contributed by atoms with Crippen molar-refractivity contribution in [3.05, 3.63) is 29.3 Å². The number of esters is 1. The van der Waals surface area contributed by atoms with Gasteiger partial charge in [-0.2, -0.15) is 0 Å². The molecule has 1 rings (SSSR count). The van der Waals surface area contributed by atoms with Gasteiger partial charge in [-0.05, 0) is 28.7 Å². The third-order valence-electron chi connectivity index (χ3n) is 2.91. The van der Waals surface area contributed by atoms with Gasteiger partial charge in [-0.15, -0.1) is 0 Å². The van der Waals surface area contributed by atoms with Crippen LogP contribution in [0.4, 0.5) is 0 Å². The second-order valence-corrected chi connectivity index (χ2v) is 5.44. The van der Waals surface area contributed by atoms with Crippen LogP contribution in [0.3, 0.4) is 0 Å². The topological polar surface area (TPSA) is 87.0 Å². The number of benzene rings is 1. The van der Waals surface area contributed by atoms with Gasteiger partial charge in [0, 0.05) is 0 Å². The molecule has 106 valence electrons. The van der Waals surface area contributed by atoms with E-state index in [0.717, 1.165) is 7.11 Å². The lowest BCUT2D eigenvalue weighted by atomic mass is 9.84. The number of hydrogen-bond acceptors (Lipinski definition) is 5. The monoisotopic (exact) mass is 268 g/mol. The minimum absolute atomic E-state index is 0.107. The van der Waals surface area contributed by atoms with Crippen LogP contribution < -0.4 is 0 Å². The SMILES string of the molecule is COC(=O)C(O)C(O)c1ccc(O)c(C(C)(C)C)c1. The maximum atomic E-state index is 11.2. The smallest absolute Gasteiger partial charge is 0.337 e. The number of phenols is 1. The summed E-state index contributed by atoms with van der Waals surface area (Å²) in [6.07, 6.45) is -3.04. The Kier molecular flexibility index (Phi) is 4.55. The summed E-state index contributed by atoms with van der Waals surface area (Å²) in [5, 5.41) is 29.4. The third kappa shape index (κ3) is 3.45. The summed E-state index contributed by atoms with van der Waals surface area (Å²) < 4.78 is 4.38. The highest BCUT2D eigenvalue weighted by atomic mass is 16.5. The molecule has 0 aliphatic carbocycles. The molecule has 0 radical (unpaired) electrons. The Balaban J connectivity index is 3.12. The molecule has 0 saturated carbocycles. The molecular weight excluding hydrogens is 248 g/mol. The average Bonchev–Trinajstić information content (AvgIpc) is 2.35. The first-order valence-electron chi connectivity index (χ1n) is 5.96. The van der Waals surface area contributed by atoms with E-state index in [0.29, 0.717) is 11.1 Å². The number of methoxy groups -OCH3 is 1. The fourth-order valence-electron chi connectivity index (χ4n) is 1.77. The van der Waals surface area contributed by atoms with Crippen LogP contribution in [0.15, 0.2) is 18.2 Å². The van der Waals surface area contributed by atoms with Crippen LogP contribution >= 0.6 is 0 Å². The van der Waals surface area contributed by atoms with Gasteiger partial charge in [-0.3, -0.25) is 0 Å². The van der Waals surface area contributed by atoms with Crippen molar-refractivity contribution < 1.29 is 24.9 Å². The lowest BCUT2D eigenvalue weighted by Gasteiger charge is -2.23. The molecule has 0 fully saturated rings. The quantitative estimate of drug-likeness (QED) is 0.718. The Morgan fingerprint density at radius 2 is 1.84 bits per heavy atom. The van der Waals surface area contributed by atoms with E-state index in [2.05, 4.69) is 4.74 Å². The van der Waals surface area contributed by atoms with Gasteiger partial charge in [-0.25, -0.2) is 4.79 Å². The molecule has 0 aromatic heterocycles. The minimum atomic E-state index is -1.65. The van der Waals surface area contributed by atoms with Crippen molar-refractivity contribution in [2.75, 3.05) is 7.11 Å². The van der Waals surface area contributed by atoms with Gasteiger partial charge in [0.2, 0.25) is 0 Å². The molecule has 0 amide bonds. The van der Waals surface area contributed by atoms with Crippen LogP contribution in [0.2, 0.25) is 0 Å². The summed E-state index contributed by atoms with van der Waals surface area (Å²) >= 11 is 0. The number of aromatic hydroxyl groups is 1. The summed E-state index contributed by atoms with van der Waals surface area (Å²) in [5.74, 6) is -0.797. The molecule has 0 bridgehead atoms. The van der Waals surface area contributed by atoms with Crippen LogP contribution in [-0.4, -0.2) is 34.5 Å². The van der Waals surface area contributed by atoms with Crippen molar-refractivity contribution in [2.45, 2.75) is 38.4 Å². The number of rotatable bonds is 3. The molecule has 0 aliphatic rings. The maximum Gasteiger partial charge on any atom is 0.337 e. The van der Waals surface area contributed by atoms with E-state index in [1.165, 1.54) is 12.1 Å². The lowest BCUT2D eigenvalue weighted by Crippen LogP contribution is -2.29. The molecule has 5 heteroatoms. The van der Waals surface area contributed by atoms with E-state index in [1.54, 1.807) is 6.07 Å². The molecule has 0 heterocycles. The standard InChI is InChI=1S/C14H20O5/c1-14(2,3)9-7-8(5-6-10(9)15)11(16)12(17)13(18)19-4/h5-7,11-12,15-17H,1-4H3. The number of phenolic OH excluding ortho intramolecular Hbond substituents is 1. The van der Waals surface area contributed by atoms with E-state index in [9.17, 15) is 20.1 Å². The van der Waals surface area contributed by atoms with Gasteiger partial charge in [-0.1, -0.05) is 26.8 Å². The van der Waals surface area contributed by atoms with E-state index >= 15 is 0 Å². The van der Waals surface area contributed by atoms with Crippen molar-refractivity contribution >= 4 is 5.97 Å². The van der Waals surface area contributed by atoms with E-state index < -0.39 is 18.2 Å². The van der Waals surface area contributed by atoms with Crippen molar-refractivity contribution in [3.63, 3.8) is 0 Å². The lowest BCUT2D eigenvalue weighted by molar-refractivity contribution is -0.156. The third-order valence-corrected chi connectivity index (χ3v) is 2.91. The predicted molar refractivity (Wildman–Crippen MR) is 69.8 cm³/mol. The number of aliphatic hydroxyl groups is 2. The minimum Gasteiger partial charge on any atom is -0.508 e. The van der Waals surface area contributed by atoms with Crippen LogP contribution in [0, 0.1) is 0 Å². The molecule has 1 aromatic carbocycles. The van der Waals surface area contributed by atoms with Crippen molar-refractivity contribution in [2.24, 2.45) is 0 Å². The molecule has 5 nitrogen and oxygen atoms in total. The summed E-state index contributed by atoms with van der Waals surface area (Å²) in [6, 6.07) is 4.47. The highest BCUT2D eigenvalue weighted by Gasteiger charge is 2.28. The Bertz CT molecular complexity index is 461. The fourth-order valence-corrected chi connectivity index (χ4v) is 1.77. The molecule has 3 N–H and O–H groups in total. The van der Waals surface area contributed by atoms with Crippen molar-refractivity contribution in [3.8, 4) is 5.75 Å². The molecule has 0 saturated heterocycles. The first-order valence-corrected chi connectivity index (χ1v) is 5.96. The zero-order valence-corrected chi connectivity index (χ0v) is 11.5. The van der Waals surface area contributed by atoms with E-state index in [4.69, 9.17) is 0 Å². The zero-order chi connectivity index (χ0) is 14.8. The summed E-state index contributed by atoms with van der Waals surface area (Å²) in [6.45, 7) is 5.73. The Morgan fingerprint density at radius 3 is 2.32 bits per heavy atom. The van der Waals surface area contributed by atoms with Gasteiger partial charge >= 0.3 is 5.97 Å². The molecule has 2 unspecified atom stereocenters. The Labute approximate surface area is 112 Å². The zero-order valence-electron chi connectivity index (χ0n) is 11.5. The first kappa shape index (κ1) is 15.5. The molecule has 1 aromatic rings. The number of hydrogen-bond donors (Lipinski definition) is 3. The Hall–Kier alpha value is -1.59. The fraction of sp³-hybridized carbons (Fsp3) is 0.500. The number of aliphatic hydroxyl groups excluding tert-OH is 2. The Morgan fingerprint density at radius 1 is 1.26 bits per heavy atom. The van der Waals surface area contributed by atoms with Gasteiger partial charge in [0.05, 0.1) is 7.11 Å². The van der Waals surface area contributed by atoms with Crippen LogP contribution in [-0.2, 0) is 14.9 Å². The molecule has 19 heavy (non-hydrogen) atoms. The van der Waals surface area contributed by atoms with Gasteiger partial charge < -0.3 is 20.1 Å². The van der Waals surface area contributed by atoms with Gasteiger partial charge in [0.1, 0.15) is 11.9 Å². The molecular formula is C14H20O5. The second-order valence-electron chi connectivity index (χ2n) is 5.44. The van der Waals surface area contributed by atoms with E-state index in [-0.39, 0.29) is 11.2 Å².